The average molecular weight is 205 g/mol. The lowest BCUT2D eigenvalue weighted by atomic mass is 10.3. The van der Waals surface area contributed by atoms with Crippen molar-refractivity contribution in [3.05, 3.63) is 24.3 Å². The summed E-state index contributed by atoms with van der Waals surface area (Å²) in [6.07, 6.45) is 5.48. The first kappa shape index (κ1) is 10.1. The summed E-state index contributed by atoms with van der Waals surface area (Å²) in [4.78, 5) is 11.7. The van der Waals surface area contributed by atoms with Gasteiger partial charge in [-0.25, -0.2) is 4.98 Å². The minimum Gasteiger partial charge on any atom is -0.382 e. The normalized spacial score (nSPS) is 11.0. The molecule has 0 amide bonds. The summed E-state index contributed by atoms with van der Waals surface area (Å²) in [7, 11) is 0. The molecule has 0 saturated carbocycles. The highest BCUT2D eigenvalue weighted by molar-refractivity contribution is 5.73. The topological polar surface area (TPSA) is 50.8 Å². The average Bonchev–Trinajstić information content (AvgIpc) is 2.67. The van der Waals surface area contributed by atoms with Crippen molar-refractivity contribution in [1.82, 2.24) is 15.0 Å². The Hall–Kier alpha value is -1.42. The van der Waals surface area contributed by atoms with Gasteiger partial charge in [-0.15, -0.1) is 0 Å². The number of fused-ring (bicyclic) bond motifs is 1. The number of ether oxygens (including phenoxy) is 1. The van der Waals surface area contributed by atoms with Crippen LogP contribution >= 0.6 is 0 Å². The predicted octanol–water partition coefficient (Wildman–Crippen LogP) is 1.93. The van der Waals surface area contributed by atoms with Crippen LogP contribution in [0.3, 0.4) is 0 Å². The molecule has 2 rings (SSSR count). The lowest BCUT2D eigenvalue weighted by molar-refractivity contribution is 0.145. The lowest BCUT2D eigenvalue weighted by Gasteiger charge is -1.98. The van der Waals surface area contributed by atoms with Crippen molar-refractivity contribution >= 4 is 11.0 Å². The minimum atomic E-state index is 0.782. The van der Waals surface area contributed by atoms with Gasteiger partial charge in [0.25, 0.3) is 0 Å². The highest BCUT2D eigenvalue weighted by Gasteiger charge is 2.01. The summed E-state index contributed by atoms with van der Waals surface area (Å²) < 4.78 is 5.28. The van der Waals surface area contributed by atoms with Gasteiger partial charge in [-0.05, 0) is 19.4 Å². The molecular formula is C11H15N3O. The molecule has 0 aliphatic heterocycles. The monoisotopic (exact) mass is 205 g/mol. The fourth-order valence-corrected chi connectivity index (χ4v) is 1.51. The molecule has 2 aromatic heterocycles. The second kappa shape index (κ2) is 4.89. The first-order valence-electron chi connectivity index (χ1n) is 5.26. The maximum atomic E-state index is 5.28. The van der Waals surface area contributed by atoms with E-state index in [1.165, 1.54) is 0 Å². The van der Waals surface area contributed by atoms with Gasteiger partial charge in [0.15, 0.2) is 0 Å². The molecule has 0 aliphatic rings. The summed E-state index contributed by atoms with van der Waals surface area (Å²) in [5.74, 6) is 1.01. The summed E-state index contributed by atoms with van der Waals surface area (Å²) in [6.45, 7) is 3.59. The van der Waals surface area contributed by atoms with Crippen LogP contribution in [0.1, 0.15) is 19.2 Å². The third-order valence-corrected chi connectivity index (χ3v) is 2.24. The van der Waals surface area contributed by atoms with Gasteiger partial charge < -0.3 is 9.72 Å². The van der Waals surface area contributed by atoms with Gasteiger partial charge in [0, 0.05) is 25.8 Å². The van der Waals surface area contributed by atoms with Crippen molar-refractivity contribution in [2.24, 2.45) is 0 Å². The van der Waals surface area contributed by atoms with Gasteiger partial charge in [0.05, 0.1) is 17.2 Å². The largest absolute Gasteiger partial charge is 0.382 e. The number of rotatable bonds is 5. The third-order valence-electron chi connectivity index (χ3n) is 2.24. The SMILES string of the molecule is CCOCCCc1nc2ccncc2[nH]1. The molecule has 15 heavy (non-hydrogen) atoms. The van der Waals surface area contributed by atoms with Crippen molar-refractivity contribution in [2.75, 3.05) is 13.2 Å². The number of hydrogen-bond acceptors (Lipinski definition) is 3. The van der Waals surface area contributed by atoms with Crippen LogP contribution in [0.15, 0.2) is 18.5 Å². The molecule has 0 aromatic carbocycles. The van der Waals surface area contributed by atoms with Gasteiger partial charge in [0.1, 0.15) is 5.82 Å². The summed E-state index contributed by atoms with van der Waals surface area (Å²) in [5.41, 5.74) is 1.99. The van der Waals surface area contributed by atoms with E-state index in [9.17, 15) is 0 Å². The van der Waals surface area contributed by atoms with Crippen LogP contribution in [0.5, 0.6) is 0 Å². The Bertz CT molecular complexity index is 391. The number of pyridine rings is 1. The molecule has 2 aromatic rings. The Kier molecular flexibility index (Phi) is 3.29. The van der Waals surface area contributed by atoms with E-state index in [0.717, 1.165) is 42.9 Å². The van der Waals surface area contributed by atoms with Crippen molar-refractivity contribution < 1.29 is 4.74 Å². The van der Waals surface area contributed by atoms with E-state index in [1.54, 1.807) is 12.4 Å². The van der Waals surface area contributed by atoms with E-state index in [4.69, 9.17) is 4.74 Å². The van der Waals surface area contributed by atoms with Crippen LogP contribution in [-0.2, 0) is 11.2 Å². The number of aryl methyl sites for hydroxylation is 1. The zero-order valence-corrected chi connectivity index (χ0v) is 8.86. The Labute approximate surface area is 88.7 Å². The minimum absolute atomic E-state index is 0.782. The standard InChI is InChI=1S/C11H15N3O/c1-2-15-7-3-4-11-13-9-5-6-12-8-10(9)14-11/h5-6,8H,2-4,7H2,1H3,(H,13,14). The quantitative estimate of drug-likeness (QED) is 0.759. The molecule has 0 unspecified atom stereocenters. The van der Waals surface area contributed by atoms with Crippen LogP contribution in [0.4, 0.5) is 0 Å². The Morgan fingerprint density at radius 3 is 3.20 bits per heavy atom. The smallest absolute Gasteiger partial charge is 0.107 e. The Morgan fingerprint density at radius 1 is 1.47 bits per heavy atom. The number of imidazole rings is 1. The van der Waals surface area contributed by atoms with Crippen molar-refractivity contribution in [3.8, 4) is 0 Å². The van der Waals surface area contributed by atoms with Gasteiger partial charge in [-0.3, -0.25) is 4.98 Å². The molecule has 4 heteroatoms. The zero-order chi connectivity index (χ0) is 10.5. The van der Waals surface area contributed by atoms with Gasteiger partial charge >= 0.3 is 0 Å². The van der Waals surface area contributed by atoms with E-state index in [2.05, 4.69) is 15.0 Å². The lowest BCUT2D eigenvalue weighted by Crippen LogP contribution is -1.96. The molecule has 4 nitrogen and oxygen atoms in total. The number of aromatic amines is 1. The Balaban J connectivity index is 1.97. The summed E-state index contributed by atoms with van der Waals surface area (Å²) >= 11 is 0. The van der Waals surface area contributed by atoms with E-state index < -0.39 is 0 Å². The molecule has 0 aliphatic carbocycles. The number of nitrogens with zero attached hydrogens (tertiary/aromatic N) is 2. The first-order valence-corrected chi connectivity index (χ1v) is 5.26. The second-order valence-corrected chi connectivity index (χ2v) is 3.38. The van der Waals surface area contributed by atoms with E-state index >= 15 is 0 Å². The second-order valence-electron chi connectivity index (χ2n) is 3.38. The van der Waals surface area contributed by atoms with Gasteiger partial charge in [-0.2, -0.15) is 0 Å². The van der Waals surface area contributed by atoms with Crippen molar-refractivity contribution in [1.29, 1.82) is 0 Å². The van der Waals surface area contributed by atoms with Crippen molar-refractivity contribution in [3.63, 3.8) is 0 Å². The molecule has 0 radical (unpaired) electrons. The first-order chi connectivity index (χ1) is 7.40. The van der Waals surface area contributed by atoms with E-state index in [-0.39, 0.29) is 0 Å². The molecule has 0 atom stereocenters. The summed E-state index contributed by atoms with van der Waals surface area (Å²) in [5, 5.41) is 0. The maximum absolute atomic E-state index is 5.28. The third kappa shape index (κ3) is 2.53. The van der Waals surface area contributed by atoms with Gasteiger partial charge in [-0.1, -0.05) is 0 Å². The van der Waals surface area contributed by atoms with Crippen LogP contribution in [0, 0.1) is 0 Å². The number of nitrogens with one attached hydrogen (secondary N) is 1. The van der Waals surface area contributed by atoms with E-state index in [0.29, 0.717) is 0 Å². The van der Waals surface area contributed by atoms with Crippen LogP contribution in [-0.4, -0.2) is 28.2 Å². The van der Waals surface area contributed by atoms with Crippen LogP contribution < -0.4 is 0 Å². The number of H-pyrrole nitrogens is 1. The molecule has 0 bridgehead atoms. The molecule has 1 N–H and O–H groups in total. The summed E-state index contributed by atoms with van der Waals surface area (Å²) in [6, 6.07) is 1.91. The predicted molar refractivity (Wildman–Crippen MR) is 58.7 cm³/mol. The molecular weight excluding hydrogens is 190 g/mol. The zero-order valence-electron chi connectivity index (χ0n) is 8.86. The fraction of sp³-hybridized carbons (Fsp3) is 0.455. The molecule has 80 valence electrons. The number of aromatic nitrogens is 3. The number of hydrogen-bond donors (Lipinski definition) is 1. The highest BCUT2D eigenvalue weighted by atomic mass is 16.5. The molecule has 0 saturated heterocycles. The molecule has 0 fully saturated rings. The highest BCUT2D eigenvalue weighted by Crippen LogP contribution is 2.09. The molecule has 0 spiro atoms. The van der Waals surface area contributed by atoms with Crippen LogP contribution in [0.2, 0.25) is 0 Å². The van der Waals surface area contributed by atoms with Crippen LogP contribution in [0.25, 0.3) is 11.0 Å². The molecule has 2 heterocycles. The maximum Gasteiger partial charge on any atom is 0.107 e. The fourth-order valence-electron chi connectivity index (χ4n) is 1.51. The van der Waals surface area contributed by atoms with Gasteiger partial charge in [0.2, 0.25) is 0 Å². The Morgan fingerprint density at radius 2 is 2.40 bits per heavy atom. The van der Waals surface area contributed by atoms with Crippen molar-refractivity contribution in [2.45, 2.75) is 19.8 Å². The van der Waals surface area contributed by atoms with E-state index in [1.807, 2.05) is 13.0 Å².